The molecule has 2 aliphatic rings. The fourth-order valence-electron chi connectivity index (χ4n) is 3.57. The van der Waals surface area contributed by atoms with Crippen molar-refractivity contribution in [2.75, 3.05) is 45.1 Å². The first-order chi connectivity index (χ1) is 15.5. The van der Waals surface area contributed by atoms with Crippen LogP contribution < -0.4 is 9.47 Å². The van der Waals surface area contributed by atoms with Crippen molar-refractivity contribution >= 4 is 27.7 Å². The molecule has 0 bridgehead atoms. The van der Waals surface area contributed by atoms with Crippen LogP contribution in [0.5, 0.6) is 11.5 Å². The highest BCUT2D eigenvalue weighted by Crippen LogP contribution is 2.34. The summed E-state index contributed by atoms with van der Waals surface area (Å²) in [4.78, 5) is 15.3. The lowest BCUT2D eigenvalue weighted by Crippen LogP contribution is -2.51. The highest BCUT2D eigenvalue weighted by Gasteiger charge is 2.31. The number of carbonyl (C=O) groups excluding carboxylic acids is 1. The van der Waals surface area contributed by atoms with E-state index < -0.39 is 10.0 Å². The van der Waals surface area contributed by atoms with E-state index in [9.17, 15) is 18.5 Å². The Hall–Kier alpha value is -2.74. The minimum absolute atomic E-state index is 0.00670. The average Bonchev–Trinajstić information content (AvgIpc) is 3.07. The molecule has 0 unspecified atom stereocenters. The van der Waals surface area contributed by atoms with Crippen LogP contribution in [0.3, 0.4) is 0 Å². The van der Waals surface area contributed by atoms with Crippen LogP contribution in [0.4, 0.5) is 0 Å². The number of sulfonamides is 1. The zero-order valence-electron chi connectivity index (χ0n) is 17.4. The van der Waals surface area contributed by atoms with Crippen LogP contribution in [0.15, 0.2) is 52.3 Å². The average molecular weight is 474 g/mol. The molecule has 1 amide bonds. The molecule has 0 saturated carbocycles. The first-order valence-corrected chi connectivity index (χ1v) is 12.7. The standard InChI is InChI=1S/C22H23N3O5S2/c23-15-17-4-1-2-5-21(17)32(27,28)25-10-8-24(9-11-25)22(26)16-31-18-6-7-19-20(14-18)30-13-3-12-29-19/h1-2,4-7,14H,3,8-13,16H2. The van der Waals surface area contributed by atoms with Crippen molar-refractivity contribution in [1.29, 1.82) is 5.26 Å². The quantitative estimate of drug-likeness (QED) is 0.615. The number of amides is 1. The maximum Gasteiger partial charge on any atom is 0.244 e. The number of nitrogens with zero attached hydrogens (tertiary/aromatic N) is 3. The van der Waals surface area contributed by atoms with Crippen LogP contribution in [0.2, 0.25) is 0 Å². The summed E-state index contributed by atoms with van der Waals surface area (Å²) in [7, 11) is -3.78. The van der Waals surface area contributed by atoms with Gasteiger partial charge in [0.1, 0.15) is 6.07 Å². The van der Waals surface area contributed by atoms with Gasteiger partial charge in [-0.1, -0.05) is 12.1 Å². The number of hydrogen-bond donors (Lipinski definition) is 0. The predicted octanol–water partition coefficient (Wildman–Crippen LogP) is 2.34. The molecule has 168 valence electrons. The summed E-state index contributed by atoms with van der Waals surface area (Å²) in [6.07, 6.45) is 0.833. The van der Waals surface area contributed by atoms with Gasteiger partial charge in [0.2, 0.25) is 15.9 Å². The van der Waals surface area contributed by atoms with Gasteiger partial charge in [0.25, 0.3) is 0 Å². The van der Waals surface area contributed by atoms with Gasteiger partial charge in [0, 0.05) is 37.5 Å². The monoisotopic (exact) mass is 473 g/mol. The zero-order valence-corrected chi connectivity index (χ0v) is 19.0. The molecule has 0 aliphatic carbocycles. The van der Waals surface area contributed by atoms with Gasteiger partial charge in [-0.15, -0.1) is 11.8 Å². The van der Waals surface area contributed by atoms with Crippen LogP contribution in [0.25, 0.3) is 0 Å². The summed E-state index contributed by atoms with van der Waals surface area (Å²) in [5, 5.41) is 9.22. The molecule has 32 heavy (non-hydrogen) atoms. The number of ether oxygens (including phenoxy) is 2. The van der Waals surface area contributed by atoms with Gasteiger partial charge in [0.05, 0.1) is 29.4 Å². The summed E-state index contributed by atoms with van der Waals surface area (Å²) in [5.74, 6) is 1.62. The van der Waals surface area contributed by atoms with Gasteiger partial charge in [-0.25, -0.2) is 8.42 Å². The minimum atomic E-state index is -3.78. The molecule has 2 aliphatic heterocycles. The second-order valence-electron chi connectivity index (χ2n) is 7.34. The first kappa shape index (κ1) is 22.5. The second kappa shape index (κ2) is 9.81. The molecule has 0 spiro atoms. The van der Waals surface area contributed by atoms with Crippen molar-refractivity contribution in [3.05, 3.63) is 48.0 Å². The van der Waals surface area contributed by atoms with E-state index in [1.54, 1.807) is 17.0 Å². The summed E-state index contributed by atoms with van der Waals surface area (Å²) in [6.45, 7) is 2.25. The van der Waals surface area contributed by atoms with Crippen molar-refractivity contribution in [3.63, 3.8) is 0 Å². The van der Waals surface area contributed by atoms with E-state index in [2.05, 4.69) is 0 Å². The van der Waals surface area contributed by atoms with Gasteiger partial charge in [-0.05, 0) is 30.3 Å². The normalized spacial score (nSPS) is 16.8. The first-order valence-electron chi connectivity index (χ1n) is 10.3. The summed E-state index contributed by atoms with van der Waals surface area (Å²) < 4.78 is 38.5. The van der Waals surface area contributed by atoms with E-state index in [4.69, 9.17) is 9.47 Å². The molecule has 10 heteroatoms. The molecular formula is C22H23N3O5S2. The summed E-state index contributed by atoms with van der Waals surface area (Å²) >= 11 is 1.42. The molecule has 0 atom stereocenters. The smallest absolute Gasteiger partial charge is 0.244 e. The molecule has 0 aromatic heterocycles. The highest BCUT2D eigenvalue weighted by atomic mass is 32.2. The van der Waals surface area contributed by atoms with Crippen LogP contribution in [0, 0.1) is 11.3 Å². The lowest BCUT2D eigenvalue weighted by molar-refractivity contribution is -0.129. The second-order valence-corrected chi connectivity index (χ2v) is 10.3. The number of piperazine rings is 1. The number of benzene rings is 2. The molecule has 4 rings (SSSR count). The Labute approximate surface area is 191 Å². The van der Waals surface area contributed by atoms with E-state index in [0.717, 1.165) is 11.3 Å². The molecule has 1 saturated heterocycles. The van der Waals surface area contributed by atoms with Crippen molar-refractivity contribution in [2.24, 2.45) is 0 Å². The fourth-order valence-corrected chi connectivity index (χ4v) is 5.96. The number of thioether (sulfide) groups is 1. The summed E-state index contributed by atoms with van der Waals surface area (Å²) in [6, 6.07) is 13.7. The van der Waals surface area contributed by atoms with Gasteiger partial charge in [-0.3, -0.25) is 4.79 Å². The third-order valence-corrected chi connectivity index (χ3v) is 8.23. The number of nitriles is 1. The Kier molecular flexibility index (Phi) is 6.89. The fraction of sp³-hybridized carbons (Fsp3) is 0.364. The Morgan fingerprint density at radius 3 is 2.50 bits per heavy atom. The molecular weight excluding hydrogens is 450 g/mol. The molecule has 1 fully saturated rings. The Bertz CT molecular complexity index is 1140. The van der Waals surface area contributed by atoms with E-state index in [1.807, 2.05) is 24.3 Å². The van der Waals surface area contributed by atoms with E-state index >= 15 is 0 Å². The van der Waals surface area contributed by atoms with Crippen LogP contribution in [-0.4, -0.2) is 68.7 Å². The van der Waals surface area contributed by atoms with Gasteiger partial charge in [-0.2, -0.15) is 9.57 Å². The van der Waals surface area contributed by atoms with Crippen LogP contribution >= 0.6 is 11.8 Å². The molecule has 2 aromatic carbocycles. The van der Waals surface area contributed by atoms with Gasteiger partial charge >= 0.3 is 0 Å². The van der Waals surface area contributed by atoms with E-state index in [0.29, 0.717) is 37.8 Å². The Morgan fingerprint density at radius 1 is 1.03 bits per heavy atom. The zero-order chi connectivity index (χ0) is 22.6. The topological polar surface area (TPSA) is 99.9 Å². The SMILES string of the molecule is N#Cc1ccccc1S(=O)(=O)N1CCN(C(=O)CSc2ccc3c(c2)OCCCO3)CC1. The lowest BCUT2D eigenvalue weighted by Gasteiger charge is -2.34. The third kappa shape index (κ3) is 4.85. The molecule has 8 nitrogen and oxygen atoms in total. The maximum absolute atomic E-state index is 12.9. The number of carbonyl (C=O) groups is 1. The third-order valence-electron chi connectivity index (χ3n) is 5.30. The lowest BCUT2D eigenvalue weighted by atomic mass is 10.2. The van der Waals surface area contributed by atoms with E-state index in [-0.39, 0.29) is 35.2 Å². The molecule has 0 N–H and O–H groups in total. The predicted molar refractivity (Wildman–Crippen MR) is 119 cm³/mol. The van der Waals surface area contributed by atoms with Gasteiger partial charge in [0.15, 0.2) is 11.5 Å². The summed E-state index contributed by atoms with van der Waals surface area (Å²) in [5.41, 5.74) is 0.123. The molecule has 2 aromatic rings. The Morgan fingerprint density at radius 2 is 1.75 bits per heavy atom. The van der Waals surface area contributed by atoms with Gasteiger partial charge < -0.3 is 14.4 Å². The van der Waals surface area contributed by atoms with Crippen molar-refractivity contribution in [1.82, 2.24) is 9.21 Å². The molecule has 0 radical (unpaired) electrons. The largest absolute Gasteiger partial charge is 0.490 e. The highest BCUT2D eigenvalue weighted by molar-refractivity contribution is 8.00. The number of hydrogen-bond acceptors (Lipinski definition) is 7. The van der Waals surface area contributed by atoms with Crippen LogP contribution in [0.1, 0.15) is 12.0 Å². The van der Waals surface area contributed by atoms with Crippen molar-refractivity contribution in [3.8, 4) is 17.6 Å². The van der Waals surface area contributed by atoms with E-state index in [1.165, 1.54) is 28.2 Å². The Balaban J connectivity index is 1.33. The number of rotatable bonds is 5. The number of fused-ring (bicyclic) bond motifs is 1. The van der Waals surface area contributed by atoms with Crippen molar-refractivity contribution in [2.45, 2.75) is 16.2 Å². The minimum Gasteiger partial charge on any atom is -0.490 e. The maximum atomic E-state index is 12.9. The van der Waals surface area contributed by atoms with Crippen LogP contribution in [-0.2, 0) is 14.8 Å². The molecule has 2 heterocycles. The van der Waals surface area contributed by atoms with Crippen molar-refractivity contribution < 1.29 is 22.7 Å².